The highest BCUT2D eigenvalue weighted by molar-refractivity contribution is 5.73. The molecule has 0 unspecified atom stereocenters. The van der Waals surface area contributed by atoms with Gasteiger partial charge in [-0.05, 0) is 17.5 Å². The molecular weight excluding hydrogens is 340 g/mol. The molecule has 1 atom stereocenters. The molecular formula is C21H22N4O2. The summed E-state index contributed by atoms with van der Waals surface area (Å²) in [4.78, 5) is 20.1. The van der Waals surface area contributed by atoms with Gasteiger partial charge in [0.25, 0.3) is 0 Å². The molecule has 3 rings (SSSR count). The molecule has 3 N–H and O–H groups in total. The maximum Gasteiger partial charge on any atom is 0.321 e. The average molecular weight is 362 g/mol. The molecule has 0 aliphatic rings. The minimum absolute atomic E-state index is 0.392. The van der Waals surface area contributed by atoms with Gasteiger partial charge in [-0.3, -0.25) is 10.1 Å². The van der Waals surface area contributed by atoms with Crippen LogP contribution in [0.3, 0.4) is 0 Å². The third kappa shape index (κ3) is 5.90. The van der Waals surface area contributed by atoms with Crippen molar-refractivity contribution in [1.29, 1.82) is 0 Å². The summed E-state index contributed by atoms with van der Waals surface area (Å²) in [5.41, 5.74) is 2.96. The van der Waals surface area contributed by atoms with Gasteiger partial charge in [-0.25, -0.2) is 9.97 Å². The summed E-state index contributed by atoms with van der Waals surface area (Å²) in [6.07, 6.45) is 3.83. The molecule has 0 saturated carbocycles. The number of anilines is 1. The molecule has 0 aliphatic carbocycles. The standard InChI is InChI=1S/C21H22N4O2/c26-20(27)19(11-16-7-3-1-4-8-16)22-13-18-14-24-21(25-15-18)23-12-17-9-5-2-6-10-17/h1-10,14-15,19,22H,11-13H2,(H,26,27)(H,23,24,25)/t19-/m1/s1. The van der Waals surface area contributed by atoms with Crippen molar-refractivity contribution < 1.29 is 9.90 Å². The summed E-state index contributed by atoms with van der Waals surface area (Å²) in [6.45, 7) is 1.04. The van der Waals surface area contributed by atoms with Crippen LogP contribution in [0.1, 0.15) is 16.7 Å². The van der Waals surface area contributed by atoms with Gasteiger partial charge in [0.05, 0.1) is 0 Å². The van der Waals surface area contributed by atoms with Gasteiger partial charge in [0.15, 0.2) is 0 Å². The highest BCUT2D eigenvalue weighted by Crippen LogP contribution is 2.07. The number of nitrogens with one attached hydrogen (secondary N) is 2. The fourth-order valence-corrected chi connectivity index (χ4v) is 2.65. The van der Waals surface area contributed by atoms with E-state index in [0.29, 0.717) is 25.5 Å². The molecule has 0 amide bonds. The quantitative estimate of drug-likeness (QED) is 0.543. The van der Waals surface area contributed by atoms with E-state index in [4.69, 9.17) is 0 Å². The van der Waals surface area contributed by atoms with E-state index in [1.54, 1.807) is 12.4 Å². The molecule has 2 aromatic carbocycles. The van der Waals surface area contributed by atoms with Crippen LogP contribution in [-0.2, 0) is 24.3 Å². The normalized spacial score (nSPS) is 11.7. The Kier molecular flexibility index (Phi) is 6.49. The Morgan fingerprint density at radius 1 is 0.852 bits per heavy atom. The molecule has 138 valence electrons. The summed E-state index contributed by atoms with van der Waals surface area (Å²) in [5, 5.41) is 15.7. The lowest BCUT2D eigenvalue weighted by Crippen LogP contribution is -2.38. The molecule has 0 fully saturated rings. The Labute approximate surface area is 158 Å². The van der Waals surface area contributed by atoms with E-state index in [9.17, 15) is 9.90 Å². The Morgan fingerprint density at radius 2 is 1.44 bits per heavy atom. The average Bonchev–Trinajstić information content (AvgIpc) is 2.71. The second kappa shape index (κ2) is 9.45. The molecule has 0 aliphatic heterocycles. The molecule has 1 heterocycles. The maximum absolute atomic E-state index is 11.5. The van der Waals surface area contributed by atoms with Crippen molar-refractivity contribution in [2.75, 3.05) is 5.32 Å². The van der Waals surface area contributed by atoms with Gasteiger partial charge in [0.1, 0.15) is 6.04 Å². The first-order chi connectivity index (χ1) is 13.2. The monoisotopic (exact) mass is 362 g/mol. The number of nitrogens with zero attached hydrogens (tertiary/aromatic N) is 2. The Morgan fingerprint density at radius 3 is 2.04 bits per heavy atom. The van der Waals surface area contributed by atoms with Crippen molar-refractivity contribution in [1.82, 2.24) is 15.3 Å². The van der Waals surface area contributed by atoms with Crippen molar-refractivity contribution in [3.63, 3.8) is 0 Å². The van der Waals surface area contributed by atoms with Crippen LogP contribution in [0.2, 0.25) is 0 Å². The fourth-order valence-electron chi connectivity index (χ4n) is 2.65. The molecule has 0 spiro atoms. The first-order valence-corrected chi connectivity index (χ1v) is 8.79. The molecule has 6 nitrogen and oxygen atoms in total. The molecule has 0 bridgehead atoms. The van der Waals surface area contributed by atoms with Crippen molar-refractivity contribution in [3.8, 4) is 0 Å². The smallest absolute Gasteiger partial charge is 0.321 e. The van der Waals surface area contributed by atoms with Gasteiger partial charge in [-0.1, -0.05) is 60.7 Å². The number of rotatable bonds is 9. The number of aromatic nitrogens is 2. The topological polar surface area (TPSA) is 87.1 Å². The second-order valence-electron chi connectivity index (χ2n) is 6.22. The summed E-state index contributed by atoms with van der Waals surface area (Å²) in [5.74, 6) is -0.331. The van der Waals surface area contributed by atoms with Crippen LogP contribution in [-0.4, -0.2) is 27.1 Å². The zero-order valence-corrected chi connectivity index (χ0v) is 14.9. The molecule has 1 aromatic heterocycles. The van der Waals surface area contributed by atoms with Gasteiger partial charge in [-0.15, -0.1) is 0 Å². The van der Waals surface area contributed by atoms with Crippen molar-refractivity contribution in [2.45, 2.75) is 25.6 Å². The lowest BCUT2D eigenvalue weighted by atomic mass is 10.1. The number of carboxylic acid groups (broad SMARTS) is 1. The maximum atomic E-state index is 11.5. The Bertz CT molecular complexity index is 839. The van der Waals surface area contributed by atoms with Gasteiger partial charge in [-0.2, -0.15) is 0 Å². The van der Waals surface area contributed by atoms with Crippen molar-refractivity contribution in [3.05, 3.63) is 89.7 Å². The van der Waals surface area contributed by atoms with E-state index in [0.717, 1.165) is 16.7 Å². The van der Waals surface area contributed by atoms with Crippen LogP contribution in [0.25, 0.3) is 0 Å². The molecule has 0 saturated heterocycles. The van der Waals surface area contributed by atoms with E-state index in [1.807, 2.05) is 60.7 Å². The van der Waals surface area contributed by atoms with Crippen LogP contribution in [0.15, 0.2) is 73.1 Å². The Balaban J connectivity index is 1.51. The number of carbonyl (C=O) groups is 1. The van der Waals surface area contributed by atoms with E-state index in [2.05, 4.69) is 20.6 Å². The molecule has 6 heteroatoms. The first kappa shape index (κ1) is 18.5. The first-order valence-electron chi connectivity index (χ1n) is 8.79. The zero-order valence-electron chi connectivity index (χ0n) is 14.9. The van der Waals surface area contributed by atoms with Crippen molar-refractivity contribution in [2.24, 2.45) is 0 Å². The molecule has 3 aromatic rings. The number of aliphatic carboxylic acids is 1. The van der Waals surface area contributed by atoms with Gasteiger partial charge in [0.2, 0.25) is 5.95 Å². The predicted octanol–water partition coefficient (Wildman–Crippen LogP) is 2.87. The second-order valence-corrected chi connectivity index (χ2v) is 6.22. The van der Waals surface area contributed by atoms with Crippen LogP contribution < -0.4 is 10.6 Å². The fraction of sp³-hybridized carbons (Fsp3) is 0.190. The third-order valence-electron chi connectivity index (χ3n) is 4.13. The SMILES string of the molecule is O=C(O)[C@@H](Cc1ccccc1)NCc1cnc(NCc2ccccc2)nc1. The van der Waals surface area contributed by atoms with Crippen LogP contribution in [0, 0.1) is 0 Å². The Hall–Kier alpha value is -3.25. The minimum Gasteiger partial charge on any atom is -0.480 e. The summed E-state index contributed by atoms with van der Waals surface area (Å²) < 4.78 is 0. The molecule has 0 radical (unpaired) electrons. The summed E-state index contributed by atoms with van der Waals surface area (Å²) in [6, 6.07) is 18.9. The largest absolute Gasteiger partial charge is 0.480 e. The number of carboxylic acids is 1. The predicted molar refractivity (Wildman–Crippen MR) is 104 cm³/mol. The summed E-state index contributed by atoms with van der Waals surface area (Å²) >= 11 is 0. The highest BCUT2D eigenvalue weighted by Gasteiger charge is 2.17. The number of hydrogen-bond acceptors (Lipinski definition) is 5. The van der Waals surface area contributed by atoms with Crippen LogP contribution in [0.4, 0.5) is 5.95 Å². The third-order valence-corrected chi connectivity index (χ3v) is 4.13. The van der Waals surface area contributed by atoms with Crippen LogP contribution >= 0.6 is 0 Å². The highest BCUT2D eigenvalue weighted by atomic mass is 16.4. The van der Waals surface area contributed by atoms with E-state index < -0.39 is 12.0 Å². The van der Waals surface area contributed by atoms with Gasteiger partial charge < -0.3 is 10.4 Å². The number of hydrogen-bond donors (Lipinski definition) is 3. The van der Waals surface area contributed by atoms with Crippen molar-refractivity contribution >= 4 is 11.9 Å². The van der Waals surface area contributed by atoms with Gasteiger partial charge >= 0.3 is 5.97 Å². The number of benzene rings is 2. The van der Waals surface area contributed by atoms with E-state index in [-0.39, 0.29) is 0 Å². The zero-order chi connectivity index (χ0) is 18.9. The van der Waals surface area contributed by atoms with E-state index in [1.165, 1.54) is 0 Å². The van der Waals surface area contributed by atoms with Crippen LogP contribution in [0.5, 0.6) is 0 Å². The van der Waals surface area contributed by atoms with Gasteiger partial charge in [0, 0.05) is 31.0 Å². The molecule has 27 heavy (non-hydrogen) atoms. The summed E-state index contributed by atoms with van der Waals surface area (Å²) in [7, 11) is 0. The lowest BCUT2D eigenvalue weighted by molar-refractivity contribution is -0.139. The lowest BCUT2D eigenvalue weighted by Gasteiger charge is -2.14. The van der Waals surface area contributed by atoms with E-state index >= 15 is 0 Å². The minimum atomic E-state index is -0.874.